The number of nitrogens with zero attached hydrogens (tertiary/aromatic N) is 4. The van der Waals surface area contributed by atoms with Crippen LogP contribution in [-0.2, 0) is 11.4 Å². The molecule has 0 spiro atoms. The van der Waals surface area contributed by atoms with Crippen molar-refractivity contribution < 1.29 is 24.5 Å². The average molecular weight is 605 g/mol. The number of β-amino-alcohol motifs (C(OH)–C–C–N with tert-alkyl or cyclic N) is 1. The fourth-order valence-electron chi connectivity index (χ4n) is 6.96. The lowest BCUT2D eigenvalue weighted by atomic mass is 9.85. The number of carbonyl (C=O) groups is 2. The van der Waals surface area contributed by atoms with E-state index < -0.39 is 5.97 Å². The van der Waals surface area contributed by atoms with E-state index in [1.165, 1.54) is 0 Å². The van der Waals surface area contributed by atoms with Gasteiger partial charge in [-0.3, -0.25) is 14.5 Å². The Balaban J connectivity index is 1.12. The van der Waals surface area contributed by atoms with Gasteiger partial charge >= 0.3 is 5.97 Å². The van der Waals surface area contributed by atoms with Crippen molar-refractivity contribution in [1.82, 2.24) is 14.8 Å². The molecule has 2 N–H and O–H groups in total. The molecule has 1 amide bonds. The Morgan fingerprint density at radius 1 is 1.07 bits per heavy atom. The van der Waals surface area contributed by atoms with E-state index in [1.54, 1.807) is 23.3 Å². The van der Waals surface area contributed by atoms with E-state index in [2.05, 4.69) is 28.2 Å². The molecule has 10 heteroatoms. The Labute approximate surface area is 256 Å². The van der Waals surface area contributed by atoms with Gasteiger partial charge in [-0.2, -0.15) is 0 Å². The molecule has 3 heterocycles. The number of carboxylic acids is 1. The highest BCUT2D eigenvalue weighted by atomic mass is 32.1. The fourth-order valence-corrected chi connectivity index (χ4v) is 7.80. The Morgan fingerprint density at radius 3 is 2.51 bits per heavy atom. The van der Waals surface area contributed by atoms with Crippen LogP contribution in [0.1, 0.15) is 46.3 Å². The van der Waals surface area contributed by atoms with Gasteiger partial charge in [0.05, 0.1) is 24.4 Å². The van der Waals surface area contributed by atoms with Gasteiger partial charge in [-0.25, -0.2) is 4.98 Å². The lowest BCUT2D eigenvalue weighted by Gasteiger charge is -2.35. The summed E-state index contributed by atoms with van der Waals surface area (Å²) in [6.45, 7) is 7.79. The number of aromatic nitrogens is 1. The van der Waals surface area contributed by atoms with E-state index in [4.69, 9.17) is 9.72 Å². The minimum atomic E-state index is -0.656. The predicted molar refractivity (Wildman–Crippen MR) is 167 cm³/mol. The maximum atomic E-state index is 13.1. The van der Waals surface area contributed by atoms with Crippen LogP contribution < -0.4 is 9.64 Å². The number of hydrogen-bond donors (Lipinski definition) is 2. The van der Waals surface area contributed by atoms with Gasteiger partial charge in [0.1, 0.15) is 12.4 Å². The van der Waals surface area contributed by atoms with Gasteiger partial charge in [0.2, 0.25) is 0 Å². The van der Waals surface area contributed by atoms with Crippen molar-refractivity contribution in [3.63, 3.8) is 0 Å². The molecule has 2 bridgehead atoms. The summed E-state index contributed by atoms with van der Waals surface area (Å²) in [4.78, 5) is 35.9. The summed E-state index contributed by atoms with van der Waals surface area (Å²) < 4.78 is 6.36. The van der Waals surface area contributed by atoms with Gasteiger partial charge in [-0.15, -0.1) is 11.3 Å². The Hall–Kier alpha value is -3.47. The third-order valence-electron chi connectivity index (χ3n) is 9.27. The van der Waals surface area contributed by atoms with Crippen molar-refractivity contribution in [2.45, 2.75) is 45.8 Å². The first kappa shape index (κ1) is 29.6. The molecule has 1 aromatic heterocycles. The van der Waals surface area contributed by atoms with Crippen molar-refractivity contribution in [2.24, 2.45) is 17.8 Å². The summed E-state index contributed by atoms with van der Waals surface area (Å²) in [5.41, 5.74) is 5.53. The van der Waals surface area contributed by atoms with Crippen molar-refractivity contribution in [1.29, 1.82) is 0 Å². The topological polar surface area (TPSA) is 106 Å². The van der Waals surface area contributed by atoms with Gasteiger partial charge < -0.3 is 24.7 Å². The second kappa shape index (κ2) is 12.3. The number of carboxylic acid groups (broad SMARTS) is 1. The zero-order chi connectivity index (χ0) is 30.2. The van der Waals surface area contributed by atoms with E-state index in [-0.39, 0.29) is 29.8 Å². The number of fused-ring (bicyclic) bond motifs is 2. The molecule has 1 aliphatic carbocycles. The van der Waals surface area contributed by atoms with Crippen molar-refractivity contribution in [3.05, 3.63) is 64.0 Å². The Kier molecular flexibility index (Phi) is 8.44. The van der Waals surface area contributed by atoms with Crippen LogP contribution in [0.5, 0.6) is 5.75 Å². The van der Waals surface area contributed by atoms with Gasteiger partial charge in [0.15, 0.2) is 5.13 Å². The highest BCUT2D eigenvalue weighted by Gasteiger charge is 2.46. The van der Waals surface area contributed by atoms with Gasteiger partial charge in [-0.05, 0) is 80.3 Å². The molecule has 3 fully saturated rings. The number of aliphatic carboxylic acids is 1. The molecule has 9 nitrogen and oxygen atoms in total. The lowest BCUT2D eigenvalue weighted by Crippen LogP contribution is -2.44. The number of benzene rings is 2. The zero-order valence-corrected chi connectivity index (χ0v) is 25.8. The first-order valence-corrected chi connectivity index (χ1v) is 16.0. The number of rotatable bonds is 9. The summed E-state index contributed by atoms with van der Waals surface area (Å²) in [6.07, 6.45) is 2.38. The molecule has 2 aromatic carbocycles. The number of carbonyl (C=O) groups excluding carboxylic acids is 1. The molecule has 0 radical (unpaired) electrons. The largest absolute Gasteiger partial charge is 0.488 e. The quantitative estimate of drug-likeness (QED) is 0.364. The molecule has 1 saturated carbocycles. The number of anilines is 1. The first-order chi connectivity index (χ1) is 20.7. The number of piperidine rings is 1. The van der Waals surface area contributed by atoms with Crippen molar-refractivity contribution in [3.8, 4) is 17.0 Å². The number of thiazole rings is 1. The van der Waals surface area contributed by atoms with E-state index in [1.807, 2.05) is 37.3 Å². The lowest BCUT2D eigenvalue weighted by molar-refractivity contribution is -0.144. The maximum absolute atomic E-state index is 13.1. The molecule has 2 saturated heterocycles. The summed E-state index contributed by atoms with van der Waals surface area (Å²) in [5.74, 6) is 0.193. The highest BCUT2D eigenvalue weighted by molar-refractivity contribution is 7.14. The summed E-state index contributed by atoms with van der Waals surface area (Å²) in [7, 11) is 1.80. The van der Waals surface area contributed by atoms with E-state index >= 15 is 0 Å². The second-order valence-corrected chi connectivity index (χ2v) is 13.3. The molecule has 2 aliphatic heterocycles. The van der Waals surface area contributed by atoms with Crippen LogP contribution in [0.15, 0.2) is 41.8 Å². The third kappa shape index (κ3) is 6.27. The van der Waals surface area contributed by atoms with Crippen LogP contribution >= 0.6 is 11.3 Å². The number of ether oxygens (including phenoxy) is 1. The standard InChI is InChI=1S/C33H40N4O5S/c1-20-4-9-29(27(12-20)28-18-43-33(34-28)37-14-23-6-7-24(15-37)30(23)32(40)41)42-17-25-8-5-22(13-21(25)2)31(39)35(3)19-36-11-10-26(38)16-36/h4-5,8-9,12-13,18,23-24,26,30,38H,6-7,10-11,14-17,19H2,1-3H3,(H,40,41)/t23?,24?,26-,30?/m0/s1. The summed E-state index contributed by atoms with van der Waals surface area (Å²) in [5, 5.41) is 22.5. The number of likely N-dealkylation sites (tertiary alicyclic amines) is 1. The Morgan fingerprint density at radius 2 is 1.84 bits per heavy atom. The SMILES string of the molecule is Cc1ccc(OCc2ccc(C(=O)N(C)CN3CC[C@H](O)C3)cc2C)c(-c2csc(N3CC4CCC(C3)C4C(=O)O)n2)c1. The molecule has 3 aliphatic rings. The van der Waals surface area contributed by atoms with Crippen LogP contribution in [0, 0.1) is 31.6 Å². The molecule has 6 rings (SSSR count). The van der Waals surface area contributed by atoms with Gasteiger partial charge in [0.25, 0.3) is 5.91 Å². The smallest absolute Gasteiger partial charge is 0.307 e. The van der Waals surface area contributed by atoms with Gasteiger partial charge in [-0.1, -0.05) is 17.7 Å². The molecular weight excluding hydrogens is 564 g/mol. The monoisotopic (exact) mass is 604 g/mol. The first-order valence-electron chi connectivity index (χ1n) is 15.1. The Bertz CT molecular complexity index is 1490. The van der Waals surface area contributed by atoms with E-state index in [9.17, 15) is 19.8 Å². The number of aliphatic hydroxyl groups is 1. The van der Waals surface area contributed by atoms with Gasteiger partial charge in [0, 0.05) is 49.7 Å². The number of amides is 1. The molecule has 43 heavy (non-hydrogen) atoms. The normalized spacial score (nSPS) is 23.5. The number of aliphatic hydroxyl groups excluding tert-OH is 1. The van der Waals surface area contributed by atoms with Crippen LogP contribution in [0.3, 0.4) is 0 Å². The molecular formula is C33H40N4O5S. The van der Waals surface area contributed by atoms with Crippen LogP contribution in [0.4, 0.5) is 5.13 Å². The molecule has 2 unspecified atom stereocenters. The van der Waals surface area contributed by atoms with Crippen molar-refractivity contribution >= 4 is 28.3 Å². The predicted octanol–water partition coefficient (Wildman–Crippen LogP) is 4.65. The van der Waals surface area contributed by atoms with Crippen molar-refractivity contribution in [2.75, 3.05) is 44.8 Å². The molecule has 228 valence electrons. The summed E-state index contributed by atoms with van der Waals surface area (Å²) in [6, 6.07) is 11.8. The highest BCUT2D eigenvalue weighted by Crippen LogP contribution is 2.44. The second-order valence-electron chi connectivity index (χ2n) is 12.5. The summed E-state index contributed by atoms with van der Waals surface area (Å²) >= 11 is 1.60. The van der Waals surface area contributed by atoms with Crippen LogP contribution in [-0.4, -0.2) is 82.9 Å². The zero-order valence-electron chi connectivity index (χ0n) is 25.0. The molecule has 3 atom stereocenters. The van der Waals surface area contributed by atoms with E-state index in [0.29, 0.717) is 25.4 Å². The van der Waals surface area contributed by atoms with E-state index in [0.717, 1.165) is 77.7 Å². The minimum Gasteiger partial charge on any atom is -0.488 e. The third-order valence-corrected chi connectivity index (χ3v) is 10.2. The minimum absolute atomic E-state index is 0.0442. The average Bonchev–Trinajstić information content (AvgIpc) is 3.70. The number of aryl methyl sites for hydroxylation is 2. The fraction of sp³-hybridized carbons (Fsp3) is 0.485. The molecule has 3 aromatic rings. The van der Waals surface area contributed by atoms with Crippen LogP contribution in [0.25, 0.3) is 11.3 Å². The number of hydrogen-bond acceptors (Lipinski definition) is 8. The maximum Gasteiger partial charge on any atom is 0.307 e. The van der Waals surface area contributed by atoms with Crippen LogP contribution in [0.2, 0.25) is 0 Å².